The zero-order valence-corrected chi connectivity index (χ0v) is 13.3. The summed E-state index contributed by atoms with van der Waals surface area (Å²) in [5.41, 5.74) is 1.54. The number of nitro groups is 1. The van der Waals surface area contributed by atoms with E-state index in [1.807, 2.05) is 6.07 Å². The molecular formula is C15H16N2O4S. The first-order valence-corrected chi connectivity index (χ1v) is 7.99. The molecule has 7 heteroatoms. The Balaban J connectivity index is 2.54. The van der Waals surface area contributed by atoms with Crippen LogP contribution in [0.25, 0.3) is 0 Å². The fourth-order valence-electron chi connectivity index (χ4n) is 2.15. The summed E-state index contributed by atoms with van der Waals surface area (Å²) in [6.07, 6.45) is 0. The fraction of sp³-hybridized carbons (Fsp3) is 0.200. The Morgan fingerprint density at radius 1 is 1.05 bits per heavy atom. The Kier molecular flexibility index (Phi) is 4.18. The van der Waals surface area contributed by atoms with Crippen LogP contribution in [-0.4, -0.2) is 20.4 Å². The van der Waals surface area contributed by atoms with Gasteiger partial charge < -0.3 is 0 Å². The van der Waals surface area contributed by atoms with Gasteiger partial charge in [-0.2, -0.15) is 0 Å². The molecule has 2 aromatic carbocycles. The maximum absolute atomic E-state index is 12.7. The summed E-state index contributed by atoms with van der Waals surface area (Å²) >= 11 is 0. The van der Waals surface area contributed by atoms with E-state index in [1.54, 1.807) is 32.0 Å². The maximum atomic E-state index is 12.7. The Hall–Kier alpha value is -2.41. The molecule has 0 aliphatic heterocycles. The van der Waals surface area contributed by atoms with Crippen molar-refractivity contribution in [1.82, 2.24) is 0 Å². The predicted molar refractivity (Wildman–Crippen MR) is 84.6 cm³/mol. The number of aryl methyl sites for hydroxylation is 2. The van der Waals surface area contributed by atoms with Gasteiger partial charge in [0.05, 0.1) is 15.5 Å². The molecule has 0 atom stereocenters. The van der Waals surface area contributed by atoms with Crippen LogP contribution in [-0.2, 0) is 10.0 Å². The smallest absolute Gasteiger partial charge is 0.269 e. The molecule has 0 N–H and O–H groups in total. The number of rotatable bonds is 4. The third-order valence-corrected chi connectivity index (χ3v) is 5.26. The lowest BCUT2D eigenvalue weighted by atomic mass is 10.2. The molecule has 0 radical (unpaired) electrons. The van der Waals surface area contributed by atoms with Gasteiger partial charge in [-0.1, -0.05) is 24.3 Å². The van der Waals surface area contributed by atoms with Gasteiger partial charge in [-0.15, -0.1) is 0 Å². The molecule has 0 unspecified atom stereocenters. The van der Waals surface area contributed by atoms with Gasteiger partial charge >= 0.3 is 0 Å². The van der Waals surface area contributed by atoms with Crippen LogP contribution >= 0.6 is 0 Å². The molecular weight excluding hydrogens is 304 g/mol. The topological polar surface area (TPSA) is 80.5 Å². The van der Waals surface area contributed by atoms with E-state index in [0.29, 0.717) is 11.3 Å². The van der Waals surface area contributed by atoms with E-state index in [9.17, 15) is 18.5 Å². The maximum Gasteiger partial charge on any atom is 0.273 e. The zero-order chi connectivity index (χ0) is 16.5. The molecule has 0 aromatic heterocycles. The molecule has 0 amide bonds. The van der Waals surface area contributed by atoms with Crippen molar-refractivity contribution in [3.63, 3.8) is 0 Å². The van der Waals surface area contributed by atoms with Crippen molar-refractivity contribution < 1.29 is 13.3 Å². The number of hydrogen-bond donors (Lipinski definition) is 0. The molecule has 2 rings (SSSR count). The Morgan fingerprint density at radius 2 is 1.68 bits per heavy atom. The molecule has 6 nitrogen and oxygen atoms in total. The Morgan fingerprint density at radius 3 is 2.27 bits per heavy atom. The van der Waals surface area contributed by atoms with Crippen molar-refractivity contribution in [2.75, 3.05) is 11.4 Å². The van der Waals surface area contributed by atoms with Crippen LogP contribution in [0.5, 0.6) is 0 Å². The molecule has 0 heterocycles. The number of benzene rings is 2. The van der Waals surface area contributed by atoms with Crippen molar-refractivity contribution >= 4 is 21.4 Å². The van der Waals surface area contributed by atoms with Crippen molar-refractivity contribution in [2.45, 2.75) is 18.7 Å². The fourth-order valence-corrected chi connectivity index (χ4v) is 3.43. The second kappa shape index (κ2) is 5.76. The van der Waals surface area contributed by atoms with E-state index in [2.05, 4.69) is 0 Å². The van der Waals surface area contributed by atoms with Crippen LogP contribution in [0, 0.1) is 24.0 Å². The number of nitro benzene ring substituents is 1. The number of hydrogen-bond acceptors (Lipinski definition) is 4. The lowest BCUT2D eigenvalue weighted by Crippen LogP contribution is -2.27. The van der Waals surface area contributed by atoms with E-state index < -0.39 is 14.9 Å². The summed E-state index contributed by atoms with van der Waals surface area (Å²) in [5.74, 6) is 0. The second-order valence-corrected chi connectivity index (χ2v) is 6.93. The summed E-state index contributed by atoms with van der Waals surface area (Å²) in [6.45, 7) is 3.37. The third-order valence-electron chi connectivity index (χ3n) is 3.49. The van der Waals surface area contributed by atoms with Crippen LogP contribution in [0.4, 0.5) is 11.4 Å². The van der Waals surface area contributed by atoms with Crippen molar-refractivity contribution in [2.24, 2.45) is 0 Å². The van der Waals surface area contributed by atoms with Crippen LogP contribution < -0.4 is 4.31 Å². The van der Waals surface area contributed by atoms with Gasteiger partial charge in [-0.3, -0.25) is 14.4 Å². The monoisotopic (exact) mass is 320 g/mol. The van der Waals surface area contributed by atoms with E-state index in [-0.39, 0.29) is 10.6 Å². The van der Waals surface area contributed by atoms with E-state index in [4.69, 9.17) is 0 Å². The van der Waals surface area contributed by atoms with Gasteiger partial charge in [0, 0.05) is 18.7 Å². The number of para-hydroxylation sites is 1. The third kappa shape index (κ3) is 2.80. The Labute approximate surface area is 129 Å². The first-order valence-electron chi connectivity index (χ1n) is 6.54. The van der Waals surface area contributed by atoms with Gasteiger partial charge in [-0.05, 0) is 31.5 Å². The number of sulfonamides is 1. The van der Waals surface area contributed by atoms with Crippen LogP contribution in [0.2, 0.25) is 0 Å². The first kappa shape index (κ1) is 16.0. The van der Waals surface area contributed by atoms with Gasteiger partial charge in [-0.25, -0.2) is 8.42 Å². The van der Waals surface area contributed by atoms with Crippen molar-refractivity contribution in [1.29, 1.82) is 0 Å². The van der Waals surface area contributed by atoms with Gasteiger partial charge in [0.15, 0.2) is 0 Å². The summed E-state index contributed by atoms with van der Waals surface area (Å²) < 4.78 is 26.5. The average Bonchev–Trinajstić information content (AvgIpc) is 2.47. The highest BCUT2D eigenvalue weighted by molar-refractivity contribution is 7.92. The molecule has 0 aliphatic carbocycles. The number of nitrogens with zero attached hydrogens (tertiary/aromatic N) is 2. The van der Waals surface area contributed by atoms with Crippen LogP contribution in [0.15, 0.2) is 47.4 Å². The summed E-state index contributed by atoms with van der Waals surface area (Å²) in [4.78, 5) is 10.3. The Bertz CT molecular complexity index is 831. The first-order chi connectivity index (χ1) is 10.2. The number of anilines is 1. The molecule has 0 spiro atoms. The minimum absolute atomic E-state index is 0.101. The molecule has 0 fully saturated rings. The summed E-state index contributed by atoms with van der Waals surface area (Å²) in [5, 5.41) is 11.0. The molecule has 0 aliphatic rings. The highest BCUT2D eigenvalue weighted by Gasteiger charge is 2.25. The van der Waals surface area contributed by atoms with E-state index >= 15 is 0 Å². The van der Waals surface area contributed by atoms with Gasteiger partial charge in [0.25, 0.3) is 15.7 Å². The second-order valence-electron chi connectivity index (χ2n) is 4.96. The van der Waals surface area contributed by atoms with Crippen LogP contribution in [0.3, 0.4) is 0 Å². The summed E-state index contributed by atoms with van der Waals surface area (Å²) in [6, 6.07) is 11.0. The molecule has 22 heavy (non-hydrogen) atoms. The molecule has 0 saturated heterocycles. The van der Waals surface area contributed by atoms with Gasteiger partial charge in [0.2, 0.25) is 0 Å². The molecule has 0 saturated carbocycles. The summed E-state index contributed by atoms with van der Waals surface area (Å²) in [7, 11) is -2.42. The minimum atomic E-state index is -3.86. The molecule has 2 aromatic rings. The lowest BCUT2D eigenvalue weighted by molar-refractivity contribution is -0.385. The lowest BCUT2D eigenvalue weighted by Gasteiger charge is -2.21. The SMILES string of the molecule is Cc1ccccc1N(C)S(=O)(=O)c1ccc(C)c([N+](=O)[O-])c1. The average molecular weight is 320 g/mol. The van der Waals surface area contributed by atoms with Gasteiger partial charge in [0.1, 0.15) is 0 Å². The molecule has 116 valence electrons. The molecule has 0 bridgehead atoms. The van der Waals surface area contributed by atoms with Crippen molar-refractivity contribution in [3.8, 4) is 0 Å². The quantitative estimate of drug-likeness (QED) is 0.640. The predicted octanol–water partition coefficient (Wildman–Crippen LogP) is 3.04. The van der Waals surface area contributed by atoms with Crippen molar-refractivity contribution in [3.05, 3.63) is 63.7 Å². The zero-order valence-electron chi connectivity index (χ0n) is 12.5. The largest absolute Gasteiger partial charge is 0.273 e. The van der Waals surface area contributed by atoms with Crippen LogP contribution in [0.1, 0.15) is 11.1 Å². The van der Waals surface area contributed by atoms with E-state index in [1.165, 1.54) is 19.2 Å². The normalized spacial score (nSPS) is 11.2. The van der Waals surface area contributed by atoms with E-state index in [0.717, 1.165) is 15.9 Å². The minimum Gasteiger partial charge on any atom is -0.269 e. The standard InChI is InChI=1S/C15H16N2O4S/c1-11-6-4-5-7-14(11)16(3)22(20,21)13-9-8-12(2)15(10-13)17(18)19/h4-10H,1-3H3. The highest BCUT2D eigenvalue weighted by atomic mass is 32.2. The highest BCUT2D eigenvalue weighted by Crippen LogP contribution is 2.28.